The molecule has 1 aromatic heterocycles. The van der Waals surface area contributed by atoms with E-state index in [1.54, 1.807) is 24.3 Å². The van der Waals surface area contributed by atoms with Crippen LogP contribution in [0.15, 0.2) is 61.2 Å². The van der Waals surface area contributed by atoms with Crippen LogP contribution in [0.2, 0.25) is 0 Å². The van der Waals surface area contributed by atoms with E-state index >= 15 is 0 Å². The molecule has 9 nitrogen and oxygen atoms in total. The van der Waals surface area contributed by atoms with Gasteiger partial charge >= 0.3 is 0 Å². The lowest BCUT2D eigenvalue weighted by molar-refractivity contribution is -0.111. The van der Waals surface area contributed by atoms with Crippen LogP contribution < -0.4 is 25.6 Å². The highest BCUT2D eigenvalue weighted by atomic mass is 16.5. The first-order valence-electron chi connectivity index (χ1n) is 11.2. The fourth-order valence-corrected chi connectivity index (χ4v) is 3.91. The Morgan fingerprint density at radius 2 is 1.91 bits per heavy atom. The van der Waals surface area contributed by atoms with Crippen molar-refractivity contribution in [1.82, 2.24) is 15.3 Å². The Balaban J connectivity index is 1.34. The maximum Gasteiger partial charge on any atom is 0.247 e. The second kappa shape index (κ2) is 9.90. The third-order valence-electron chi connectivity index (χ3n) is 5.65. The molecule has 0 unspecified atom stereocenters. The van der Waals surface area contributed by atoms with Gasteiger partial charge in [0.2, 0.25) is 17.7 Å². The van der Waals surface area contributed by atoms with Crippen LogP contribution >= 0.6 is 0 Å². The Labute approximate surface area is 197 Å². The molecule has 3 aromatic rings. The van der Waals surface area contributed by atoms with E-state index in [1.165, 1.54) is 11.8 Å². The zero-order chi connectivity index (χ0) is 23.3. The molecule has 5 rings (SSSR count). The van der Waals surface area contributed by atoms with E-state index in [4.69, 9.17) is 9.47 Å². The summed E-state index contributed by atoms with van der Waals surface area (Å²) in [6, 6.07) is 15.4. The van der Waals surface area contributed by atoms with Crippen molar-refractivity contribution in [3.8, 4) is 11.6 Å². The average Bonchev–Trinajstić information content (AvgIpc) is 3.34. The Hall–Kier alpha value is -3.95. The minimum absolute atomic E-state index is 0.289. The first kappa shape index (κ1) is 21.9. The zero-order valence-corrected chi connectivity index (χ0v) is 18.7. The summed E-state index contributed by atoms with van der Waals surface area (Å²) in [5.41, 5.74) is 4.30. The van der Waals surface area contributed by atoms with Crippen molar-refractivity contribution >= 4 is 28.9 Å². The Kier molecular flexibility index (Phi) is 6.37. The minimum atomic E-state index is -0.289. The third-order valence-corrected chi connectivity index (χ3v) is 5.65. The van der Waals surface area contributed by atoms with Crippen molar-refractivity contribution in [2.24, 2.45) is 0 Å². The summed E-state index contributed by atoms with van der Waals surface area (Å²) in [5, 5.41) is 9.38. The number of aromatic nitrogens is 2. The van der Waals surface area contributed by atoms with Gasteiger partial charge in [0.1, 0.15) is 5.75 Å². The van der Waals surface area contributed by atoms with E-state index in [0.29, 0.717) is 36.5 Å². The number of nitrogens with zero attached hydrogens (tertiary/aromatic N) is 3. The normalized spacial score (nSPS) is 14.9. The van der Waals surface area contributed by atoms with Gasteiger partial charge in [0.25, 0.3) is 0 Å². The molecule has 0 saturated carbocycles. The Morgan fingerprint density at radius 1 is 1.09 bits per heavy atom. The summed E-state index contributed by atoms with van der Waals surface area (Å²) >= 11 is 0. The van der Waals surface area contributed by atoms with Gasteiger partial charge in [0.15, 0.2) is 0 Å². The predicted molar refractivity (Wildman–Crippen MR) is 131 cm³/mol. The van der Waals surface area contributed by atoms with Gasteiger partial charge in [-0.15, -0.1) is 0 Å². The summed E-state index contributed by atoms with van der Waals surface area (Å²) in [5.74, 6) is 1.11. The van der Waals surface area contributed by atoms with Crippen LogP contribution in [0.1, 0.15) is 11.3 Å². The summed E-state index contributed by atoms with van der Waals surface area (Å²) in [7, 11) is 0. The number of anilines is 4. The van der Waals surface area contributed by atoms with Gasteiger partial charge in [-0.25, -0.2) is 4.98 Å². The second-order valence-electron chi connectivity index (χ2n) is 8.00. The monoisotopic (exact) mass is 458 g/mol. The van der Waals surface area contributed by atoms with Crippen molar-refractivity contribution in [1.29, 1.82) is 0 Å². The molecule has 0 atom stereocenters. The van der Waals surface area contributed by atoms with Crippen LogP contribution in [0.3, 0.4) is 0 Å². The van der Waals surface area contributed by atoms with E-state index in [1.807, 2.05) is 12.1 Å². The second-order valence-corrected chi connectivity index (χ2v) is 8.00. The van der Waals surface area contributed by atoms with Crippen molar-refractivity contribution in [3.05, 3.63) is 72.4 Å². The SMILES string of the molecule is C=CC(=O)Nc1cccc(Oc2nc(Nc3ccc(N4CCNCC4)cc3)nc3c2COC3)c1. The van der Waals surface area contributed by atoms with Crippen LogP contribution in [0.25, 0.3) is 0 Å². The number of ether oxygens (including phenoxy) is 2. The molecule has 0 radical (unpaired) electrons. The van der Waals surface area contributed by atoms with E-state index < -0.39 is 0 Å². The van der Waals surface area contributed by atoms with Crippen molar-refractivity contribution in [2.75, 3.05) is 41.7 Å². The number of carbonyl (C=O) groups is 1. The van der Waals surface area contributed by atoms with E-state index in [2.05, 4.69) is 49.5 Å². The van der Waals surface area contributed by atoms with Crippen LogP contribution in [0.4, 0.5) is 23.0 Å². The Bertz CT molecular complexity index is 1190. The molecule has 0 aliphatic carbocycles. The van der Waals surface area contributed by atoms with Crippen molar-refractivity contribution < 1.29 is 14.3 Å². The molecule has 3 N–H and O–H groups in total. The lowest BCUT2D eigenvalue weighted by Gasteiger charge is -2.29. The highest BCUT2D eigenvalue weighted by Gasteiger charge is 2.22. The molecule has 0 bridgehead atoms. The lowest BCUT2D eigenvalue weighted by Crippen LogP contribution is -2.43. The zero-order valence-electron chi connectivity index (χ0n) is 18.7. The fourth-order valence-electron chi connectivity index (χ4n) is 3.91. The van der Waals surface area contributed by atoms with Crippen LogP contribution in [-0.4, -0.2) is 42.1 Å². The molecule has 174 valence electrons. The molecule has 9 heteroatoms. The maximum atomic E-state index is 11.6. The minimum Gasteiger partial charge on any atom is -0.438 e. The van der Waals surface area contributed by atoms with Gasteiger partial charge in [-0.1, -0.05) is 12.6 Å². The molecule has 1 amide bonds. The number of benzene rings is 2. The molecular formula is C25H26N6O3. The van der Waals surface area contributed by atoms with Crippen LogP contribution in [0.5, 0.6) is 11.6 Å². The molecule has 1 fully saturated rings. The number of piperazine rings is 1. The standard InChI is InChI=1S/C25H26N6O3/c1-2-23(32)27-18-4-3-5-20(14-18)34-24-21-15-33-16-22(21)29-25(30-24)28-17-6-8-19(9-7-17)31-12-10-26-11-13-31/h2-9,14,26H,1,10-13,15-16H2,(H,27,32)(H,28,29,30). The van der Waals surface area contributed by atoms with Crippen molar-refractivity contribution in [2.45, 2.75) is 13.2 Å². The number of hydrogen-bond donors (Lipinski definition) is 3. The average molecular weight is 459 g/mol. The largest absolute Gasteiger partial charge is 0.438 e. The number of hydrogen-bond acceptors (Lipinski definition) is 8. The highest BCUT2D eigenvalue weighted by Crippen LogP contribution is 2.32. The number of amides is 1. The first-order valence-corrected chi connectivity index (χ1v) is 11.2. The molecule has 3 heterocycles. The number of fused-ring (bicyclic) bond motifs is 1. The number of rotatable bonds is 7. The smallest absolute Gasteiger partial charge is 0.247 e. The molecular weight excluding hydrogens is 432 g/mol. The molecule has 1 saturated heterocycles. The number of nitrogens with one attached hydrogen (secondary N) is 3. The highest BCUT2D eigenvalue weighted by molar-refractivity contribution is 5.98. The van der Waals surface area contributed by atoms with E-state index in [-0.39, 0.29) is 5.91 Å². The maximum absolute atomic E-state index is 11.6. The molecule has 2 aliphatic rings. The summed E-state index contributed by atoms with van der Waals surface area (Å²) in [4.78, 5) is 23.2. The Morgan fingerprint density at radius 3 is 2.71 bits per heavy atom. The summed E-state index contributed by atoms with van der Waals surface area (Å²) in [6.45, 7) is 8.26. The van der Waals surface area contributed by atoms with Crippen LogP contribution in [0, 0.1) is 0 Å². The summed E-state index contributed by atoms with van der Waals surface area (Å²) in [6.07, 6.45) is 1.22. The van der Waals surface area contributed by atoms with Crippen molar-refractivity contribution in [3.63, 3.8) is 0 Å². The predicted octanol–water partition coefficient (Wildman–Crippen LogP) is 3.58. The van der Waals surface area contributed by atoms with Gasteiger partial charge in [-0.2, -0.15) is 4.98 Å². The molecule has 2 aliphatic heterocycles. The fraction of sp³-hybridized carbons (Fsp3) is 0.240. The van der Waals surface area contributed by atoms with E-state index in [9.17, 15) is 4.79 Å². The topological polar surface area (TPSA) is 101 Å². The molecule has 2 aromatic carbocycles. The first-order chi connectivity index (χ1) is 16.7. The quantitative estimate of drug-likeness (QED) is 0.462. The number of carbonyl (C=O) groups excluding carboxylic acids is 1. The molecule has 0 spiro atoms. The summed E-state index contributed by atoms with van der Waals surface area (Å²) < 4.78 is 11.7. The van der Waals surface area contributed by atoms with Gasteiger partial charge in [0, 0.05) is 49.3 Å². The molecule has 34 heavy (non-hydrogen) atoms. The van der Waals surface area contributed by atoms with Gasteiger partial charge in [0.05, 0.1) is 24.5 Å². The van der Waals surface area contributed by atoms with Gasteiger partial charge in [-0.05, 0) is 42.5 Å². The van der Waals surface area contributed by atoms with Crippen LogP contribution in [-0.2, 0) is 22.7 Å². The van der Waals surface area contributed by atoms with Gasteiger partial charge in [-0.3, -0.25) is 4.79 Å². The lowest BCUT2D eigenvalue weighted by atomic mass is 10.2. The third kappa shape index (κ3) is 5.00. The van der Waals surface area contributed by atoms with E-state index in [0.717, 1.165) is 43.1 Å². The van der Waals surface area contributed by atoms with Gasteiger partial charge < -0.3 is 30.3 Å².